The van der Waals surface area contributed by atoms with Crippen molar-refractivity contribution >= 4 is 16.0 Å². The molecule has 0 radical (unpaired) electrons. The van der Waals surface area contributed by atoms with Gasteiger partial charge in [0.05, 0.1) is 12.0 Å². The predicted octanol–water partition coefficient (Wildman–Crippen LogP) is 0.837. The smallest absolute Gasteiger partial charge is 0.322 e. The highest BCUT2D eigenvalue weighted by Crippen LogP contribution is 2.33. The van der Waals surface area contributed by atoms with Crippen LogP contribution in [0.3, 0.4) is 0 Å². The Bertz CT molecular complexity index is 562. The lowest BCUT2D eigenvalue weighted by atomic mass is 10.2. The Morgan fingerprint density at radius 3 is 2.37 bits per heavy atom. The Balaban J connectivity index is 2.18. The maximum Gasteiger partial charge on any atom is 0.322 e. The van der Waals surface area contributed by atoms with Crippen molar-refractivity contribution in [3.05, 3.63) is 24.3 Å². The van der Waals surface area contributed by atoms with E-state index in [9.17, 15) is 13.2 Å². The minimum absolute atomic E-state index is 0.0280. The lowest BCUT2D eigenvalue weighted by Crippen LogP contribution is -2.42. The van der Waals surface area contributed by atoms with E-state index in [2.05, 4.69) is 4.72 Å². The zero-order valence-corrected chi connectivity index (χ0v) is 11.2. The van der Waals surface area contributed by atoms with E-state index in [0.29, 0.717) is 5.75 Å². The lowest BCUT2D eigenvalue weighted by molar-refractivity contribution is -0.139. The van der Waals surface area contributed by atoms with Gasteiger partial charge in [-0.25, -0.2) is 8.42 Å². The summed E-state index contributed by atoms with van der Waals surface area (Å²) in [6, 6.07) is 4.75. The number of carboxylic acids is 1. The molecule has 0 spiro atoms. The summed E-state index contributed by atoms with van der Waals surface area (Å²) in [4.78, 5) is 11.1. The van der Waals surface area contributed by atoms with E-state index >= 15 is 0 Å². The van der Waals surface area contributed by atoms with Gasteiger partial charge in [-0.1, -0.05) is 0 Å². The van der Waals surface area contributed by atoms with Crippen LogP contribution in [0.15, 0.2) is 29.2 Å². The number of aliphatic carboxylic acids is 1. The molecule has 0 heterocycles. The van der Waals surface area contributed by atoms with Gasteiger partial charge in [-0.3, -0.25) is 4.79 Å². The number of carbonyl (C=O) groups is 1. The van der Waals surface area contributed by atoms with E-state index in [1.165, 1.54) is 31.4 Å². The number of methoxy groups -OCH3 is 1. The molecule has 2 rings (SSSR count). The average Bonchev–Trinajstić information content (AvgIpc) is 3.20. The van der Waals surface area contributed by atoms with Crippen molar-refractivity contribution in [2.24, 2.45) is 5.92 Å². The maximum absolute atomic E-state index is 12.1. The Morgan fingerprint density at radius 2 is 1.95 bits per heavy atom. The van der Waals surface area contributed by atoms with Gasteiger partial charge in [-0.2, -0.15) is 4.72 Å². The molecule has 6 nitrogen and oxygen atoms in total. The van der Waals surface area contributed by atoms with Crippen LogP contribution in [0.1, 0.15) is 12.8 Å². The molecule has 104 valence electrons. The van der Waals surface area contributed by atoms with Crippen LogP contribution in [0.2, 0.25) is 0 Å². The van der Waals surface area contributed by atoms with Crippen LogP contribution in [0, 0.1) is 5.92 Å². The molecule has 1 aliphatic carbocycles. The fraction of sp³-hybridized carbons (Fsp3) is 0.417. The molecule has 1 fully saturated rings. The number of carboxylic acid groups (broad SMARTS) is 1. The molecule has 7 heteroatoms. The van der Waals surface area contributed by atoms with Crippen LogP contribution in [-0.4, -0.2) is 32.6 Å². The summed E-state index contributed by atoms with van der Waals surface area (Å²) in [6.07, 6.45) is 1.48. The van der Waals surface area contributed by atoms with Crippen molar-refractivity contribution in [3.63, 3.8) is 0 Å². The highest BCUT2D eigenvalue weighted by atomic mass is 32.2. The zero-order valence-electron chi connectivity index (χ0n) is 10.4. The summed E-state index contributed by atoms with van der Waals surface area (Å²) in [5.41, 5.74) is 0. The quantitative estimate of drug-likeness (QED) is 0.808. The first-order valence-electron chi connectivity index (χ1n) is 5.83. The van der Waals surface area contributed by atoms with Gasteiger partial charge in [0, 0.05) is 0 Å². The molecule has 0 aliphatic heterocycles. The second kappa shape index (κ2) is 5.18. The van der Waals surface area contributed by atoms with E-state index in [1.807, 2.05) is 0 Å². The second-order valence-electron chi connectivity index (χ2n) is 4.45. The van der Waals surface area contributed by atoms with E-state index in [-0.39, 0.29) is 10.8 Å². The summed E-state index contributed by atoms with van der Waals surface area (Å²) < 4.78 is 31.3. The zero-order chi connectivity index (χ0) is 14.0. The summed E-state index contributed by atoms with van der Waals surface area (Å²) >= 11 is 0. The first kappa shape index (κ1) is 13.8. The van der Waals surface area contributed by atoms with Crippen molar-refractivity contribution in [1.29, 1.82) is 0 Å². The number of nitrogens with one attached hydrogen (secondary N) is 1. The van der Waals surface area contributed by atoms with Crippen LogP contribution in [0.25, 0.3) is 0 Å². The van der Waals surface area contributed by atoms with E-state index < -0.39 is 22.0 Å². The Kier molecular flexibility index (Phi) is 3.77. The summed E-state index contributed by atoms with van der Waals surface area (Å²) in [5, 5.41) is 9.03. The first-order valence-corrected chi connectivity index (χ1v) is 7.31. The number of benzene rings is 1. The third-order valence-electron chi connectivity index (χ3n) is 3.01. The van der Waals surface area contributed by atoms with Crippen LogP contribution >= 0.6 is 0 Å². The van der Waals surface area contributed by atoms with Crippen molar-refractivity contribution in [2.75, 3.05) is 7.11 Å². The lowest BCUT2D eigenvalue weighted by Gasteiger charge is -2.14. The molecule has 0 amide bonds. The number of ether oxygens (including phenoxy) is 1. The molecule has 1 atom stereocenters. The third-order valence-corrected chi connectivity index (χ3v) is 4.47. The molecule has 2 N–H and O–H groups in total. The number of hydrogen-bond acceptors (Lipinski definition) is 4. The summed E-state index contributed by atoms with van der Waals surface area (Å²) in [6.45, 7) is 0. The maximum atomic E-state index is 12.1. The Hall–Kier alpha value is -1.60. The van der Waals surface area contributed by atoms with Crippen LogP contribution in [-0.2, 0) is 14.8 Å². The van der Waals surface area contributed by atoms with Gasteiger partial charge in [0.25, 0.3) is 0 Å². The molecular weight excluding hydrogens is 270 g/mol. The van der Waals surface area contributed by atoms with Gasteiger partial charge in [0.1, 0.15) is 11.8 Å². The highest BCUT2D eigenvalue weighted by molar-refractivity contribution is 7.89. The van der Waals surface area contributed by atoms with Gasteiger partial charge >= 0.3 is 5.97 Å². The van der Waals surface area contributed by atoms with E-state index in [0.717, 1.165) is 12.8 Å². The van der Waals surface area contributed by atoms with Crippen molar-refractivity contribution < 1.29 is 23.1 Å². The van der Waals surface area contributed by atoms with Gasteiger partial charge < -0.3 is 9.84 Å². The molecule has 0 saturated heterocycles. The van der Waals surface area contributed by atoms with Gasteiger partial charge in [0.2, 0.25) is 10.0 Å². The molecule has 1 aliphatic rings. The van der Waals surface area contributed by atoms with Crippen LogP contribution in [0.4, 0.5) is 0 Å². The molecule has 1 saturated carbocycles. The summed E-state index contributed by atoms with van der Waals surface area (Å²) in [7, 11) is -2.34. The van der Waals surface area contributed by atoms with Gasteiger partial charge in [-0.15, -0.1) is 0 Å². The van der Waals surface area contributed by atoms with Crippen molar-refractivity contribution in [2.45, 2.75) is 23.8 Å². The fourth-order valence-corrected chi connectivity index (χ4v) is 3.03. The SMILES string of the molecule is COc1ccc(S(=O)(=O)NC(C(=O)O)C2CC2)cc1. The monoisotopic (exact) mass is 285 g/mol. The Morgan fingerprint density at radius 1 is 1.37 bits per heavy atom. The Labute approximate surface area is 111 Å². The second-order valence-corrected chi connectivity index (χ2v) is 6.16. The number of sulfonamides is 1. The highest BCUT2D eigenvalue weighted by Gasteiger charge is 2.39. The van der Waals surface area contributed by atoms with Crippen LogP contribution < -0.4 is 9.46 Å². The van der Waals surface area contributed by atoms with E-state index in [1.54, 1.807) is 0 Å². The first-order chi connectivity index (χ1) is 8.94. The van der Waals surface area contributed by atoms with E-state index in [4.69, 9.17) is 9.84 Å². The molecule has 1 aromatic rings. The number of hydrogen-bond donors (Lipinski definition) is 2. The average molecular weight is 285 g/mol. The summed E-state index contributed by atoms with van der Waals surface area (Å²) in [5.74, 6) is -0.707. The molecule has 0 aromatic heterocycles. The molecular formula is C12H15NO5S. The molecule has 1 aromatic carbocycles. The largest absolute Gasteiger partial charge is 0.497 e. The molecule has 0 bridgehead atoms. The fourth-order valence-electron chi connectivity index (χ4n) is 1.77. The normalized spacial score (nSPS) is 16.9. The van der Waals surface area contributed by atoms with Gasteiger partial charge in [0.15, 0.2) is 0 Å². The minimum atomic E-state index is -3.82. The molecule has 1 unspecified atom stereocenters. The topological polar surface area (TPSA) is 92.7 Å². The predicted molar refractivity (Wildman–Crippen MR) is 67.5 cm³/mol. The van der Waals surface area contributed by atoms with Crippen molar-refractivity contribution in [3.8, 4) is 5.75 Å². The minimum Gasteiger partial charge on any atom is -0.497 e. The molecule has 19 heavy (non-hydrogen) atoms. The van der Waals surface area contributed by atoms with Crippen molar-refractivity contribution in [1.82, 2.24) is 4.72 Å². The number of rotatable bonds is 6. The standard InChI is InChI=1S/C12H15NO5S/c1-18-9-4-6-10(7-5-9)19(16,17)13-11(12(14)15)8-2-3-8/h4-8,11,13H,2-3H2,1H3,(H,14,15). The van der Waals surface area contributed by atoms with Gasteiger partial charge in [-0.05, 0) is 43.0 Å². The third kappa shape index (κ3) is 3.24. The van der Waals surface area contributed by atoms with Crippen LogP contribution in [0.5, 0.6) is 5.75 Å².